The fraction of sp³-hybridized carbons (Fsp3) is 0.174. The zero-order valence-electron chi connectivity index (χ0n) is 16.3. The van der Waals surface area contributed by atoms with E-state index in [9.17, 15) is 0 Å². The summed E-state index contributed by atoms with van der Waals surface area (Å²) in [5, 5.41) is 4.23. The second-order valence-electron chi connectivity index (χ2n) is 7.25. The molecule has 5 heterocycles. The van der Waals surface area contributed by atoms with Gasteiger partial charge in [0.2, 0.25) is 0 Å². The number of hydrogen-bond donors (Lipinski definition) is 1. The van der Waals surface area contributed by atoms with E-state index in [-0.39, 0.29) is 12.1 Å². The highest BCUT2D eigenvalue weighted by atomic mass is 32.1. The third kappa shape index (κ3) is 3.59. The number of pyridine rings is 2. The molecule has 2 unspecified atom stereocenters. The largest absolute Gasteiger partial charge is 0.467 e. The molecule has 0 spiro atoms. The van der Waals surface area contributed by atoms with Crippen LogP contribution in [0.3, 0.4) is 0 Å². The lowest BCUT2D eigenvalue weighted by molar-refractivity contribution is 0.296. The van der Waals surface area contributed by atoms with Gasteiger partial charge in [-0.25, -0.2) is 0 Å². The van der Waals surface area contributed by atoms with E-state index in [1.54, 1.807) is 6.26 Å². The van der Waals surface area contributed by atoms with Gasteiger partial charge in [0.15, 0.2) is 5.11 Å². The molecule has 0 amide bonds. The molecule has 0 aromatic carbocycles. The van der Waals surface area contributed by atoms with Crippen molar-refractivity contribution >= 4 is 17.3 Å². The predicted octanol–water partition coefficient (Wildman–Crippen LogP) is 4.09. The molecule has 0 saturated carbocycles. The van der Waals surface area contributed by atoms with Crippen molar-refractivity contribution in [2.75, 3.05) is 0 Å². The van der Waals surface area contributed by atoms with Gasteiger partial charge in [-0.2, -0.15) is 0 Å². The van der Waals surface area contributed by atoms with Gasteiger partial charge in [-0.15, -0.1) is 0 Å². The molecule has 2 atom stereocenters. The van der Waals surface area contributed by atoms with E-state index in [0.717, 1.165) is 27.8 Å². The summed E-state index contributed by atoms with van der Waals surface area (Å²) < 4.78 is 7.80. The normalized spacial score (nSPS) is 18.5. The number of hydrogen-bond acceptors (Lipinski definition) is 4. The van der Waals surface area contributed by atoms with Crippen LogP contribution in [0.4, 0.5) is 0 Å². The van der Waals surface area contributed by atoms with Crippen LogP contribution in [-0.2, 0) is 13.1 Å². The molecule has 1 aliphatic rings. The number of furan rings is 1. The Morgan fingerprint density at radius 2 is 1.87 bits per heavy atom. The van der Waals surface area contributed by atoms with E-state index in [2.05, 4.69) is 43.1 Å². The molecule has 0 aliphatic carbocycles. The second-order valence-corrected chi connectivity index (χ2v) is 7.64. The Hall–Kier alpha value is -3.45. The number of thiocarbonyl (C=S) groups is 1. The molecule has 4 aromatic rings. The summed E-state index contributed by atoms with van der Waals surface area (Å²) in [6.45, 7) is 1.35. The smallest absolute Gasteiger partial charge is 0.170 e. The Morgan fingerprint density at radius 1 is 0.967 bits per heavy atom. The first-order valence-electron chi connectivity index (χ1n) is 9.84. The zero-order chi connectivity index (χ0) is 20.3. The van der Waals surface area contributed by atoms with E-state index in [0.29, 0.717) is 13.1 Å². The quantitative estimate of drug-likeness (QED) is 0.479. The van der Waals surface area contributed by atoms with Crippen LogP contribution >= 0.6 is 12.2 Å². The highest BCUT2D eigenvalue weighted by Crippen LogP contribution is 2.39. The second kappa shape index (κ2) is 8.12. The van der Waals surface area contributed by atoms with Crippen LogP contribution in [0.1, 0.15) is 34.8 Å². The van der Waals surface area contributed by atoms with Gasteiger partial charge in [0.05, 0.1) is 30.6 Å². The first-order valence-corrected chi connectivity index (χ1v) is 10.2. The fourth-order valence-corrected chi connectivity index (χ4v) is 4.30. The van der Waals surface area contributed by atoms with Crippen LogP contribution in [-0.4, -0.2) is 24.5 Å². The van der Waals surface area contributed by atoms with Crippen molar-refractivity contribution in [3.05, 3.63) is 108 Å². The van der Waals surface area contributed by atoms with Crippen LogP contribution in [0, 0.1) is 0 Å². The highest BCUT2D eigenvalue weighted by molar-refractivity contribution is 7.80. The SMILES string of the molecule is S=C1NC(c2ccccn2)C(c2cccn2Cc2ccco2)N1Cc1ccncc1. The maximum atomic E-state index is 5.77. The van der Waals surface area contributed by atoms with Crippen molar-refractivity contribution in [3.63, 3.8) is 0 Å². The molecule has 7 heteroatoms. The minimum Gasteiger partial charge on any atom is -0.467 e. The van der Waals surface area contributed by atoms with Gasteiger partial charge in [-0.05, 0) is 66.3 Å². The molecule has 30 heavy (non-hydrogen) atoms. The van der Waals surface area contributed by atoms with Gasteiger partial charge in [-0.1, -0.05) is 6.07 Å². The fourth-order valence-electron chi connectivity index (χ4n) is 3.99. The van der Waals surface area contributed by atoms with Crippen LogP contribution in [0.5, 0.6) is 0 Å². The monoisotopic (exact) mass is 415 g/mol. The summed E-state index contributed by atoms with van der Waals surface area (Å²) in [6.07, 6.45) is 9.24. The van der Waals surface area contributed by atoms with Gasteiger partial charge in [0.25, 0.3) is 0 Å². The van der Waals surface area contributed by atoms with E-state index in [4.69, 9.17) is 16.6 Å². The molecular formula is C23H21N5OS. The van der Waals surface area contributed by atoms with Gasteiger partial charge in [0, 0.05) is 37.0 Å². The zero-order valence-corrected chi connectivity index (χ0v) is 17.1. The van der Waals surface area contributed by atoms with Gasteiger partial charge >= 0.3 is 0 Å². The van der Waals surface area contributed by atoms with E-state index >= 15 is 0 Å². The minimum absolute atomic E-state index is 0.00877. The number of aromatic nitrogens is 3. The first kappa shape index (κ1) is 18.6. The summed E-state index contributed by atoms with van der Waals surface area (Å²) in [6, 6.07) is 18.1. The van der Waals surface area contributed by atoms with Crippen LogP contribution < -0.4 is 5.32 Å². The lowest BCUT2D eigenvalue weighted by atomic mass is 10.0. The molecule has 1 saturated heterocycles. The third-order valence-corrected chi connectivity index (χ3v) is 5.73. The Labute approximate surface area is 180 Å². The average molecular weight is 416 g/mol. The van der Waals surface area contributed by atoms with Crippen molar-refractivity contribution in [2.24, 2.45) is 0 Å². The summed E-state index contributed by atoms with van der Waals surface area (Å²) in [5.41, 5.74) is 3.28. The third-order valence-electron chi connectivity index (χ3n) is 5.37. The average Bonchev–Trinajstić information content (AvgIpc) is 3.52. The lowest BCUT2D eigenvalue weighted by Crippen LogP contribution is -2.30. The Bertz CT molecular complexity index is 1110. The maximum absolute atomic E-state index is 5.77. The Kier molecular flexibility index (Phi) is 5.03. The van der Waals surface area contributed by atoms with E-state index in [1.165, 1.54) is 0 Å². The molecule has 1 aliphatic heterocycles. The summed E-state index contributed by atoms with van der Waals surface area (Å²) in [5.74, 6) is 0.913. The Morgan fingerprint density at radius 3 is 2.63 bits per heavy atom. The van der Waals surface area contributed by atoms with Crippen molar-refractivity contribution in [3.8, 4) is 0 Å². The number of nitrogens with zero attached hydrogens (tertiary/aromatic N) is 4. The molecular weight excluding hydrogens is 394 g/mol. The summed E-state index contributed by atoms with van der Waals surface area (Å²) >= 11 is 5.77. The minimum atomic E-state index is -0.0502. The molecule has 0 bridgehead atoms. The van der Waals surface area contributed by atoms with Crippen molar-refractivity contribution < 1.29 is 4.42 Å². The highest BCUT2D eigenvalue weighted by Gasteiger charge is 2.41. The standard InChI is InChI=1S/C23H21N5OS/c30-23-26-21(19-6-1-2-10-25-19)22(28(23)15-17-8-11-24-12-9-17)20-7-3-13-27(20)16-18-5-4-14-29-18/h1-14,21-22H,15-16H2,(H,26,30). The molecule has 6 nitrogen and oxygen atoms in total. The first-order chi connectivity index (χ1) is 14.8. The summed E-state index contributed by atoms with van der Waals surface area (Å²) in [7, 11) is 0. The van der Waals surface area contributed by atoms with Crippen LogP contribution in [0.15, 0.2) is 90.1 Å². The Balaban J connectivity index is 1.54. The molecule has 1 fully saturated rings. The van der Waals surface area contributed by atoms with Crippen LogP contribution in [0.25, 0.3) is 0 Å². The van der Waals surface area contributed by atoms with Crippen molar-refractivity contribution in [1.82, 2.24) is 24.8 Å². The molecule has 1 N–H and O–H groups in total. The maximum Gasteiger partial charge on any atom is 0.170 e. The predicted molar refractivity (Wildman–Crippen MR) is 117 cm³/mol. The van der Waals surface area contributed by atoms with Crippen molar-refractivity contribution in [2.45, 2.75) is 25.2 Å². The van der Waals surface area contributed by atoms with E-state index in [1.807, 2.05) is 61.1 Å². The number of nitrogens with one attached hydrogen (secondary N) is 1. The van der Waals surface area contributed by atoms with Gasteiger partial charge < -0.3 is 19.2 Å². The topological polar surface area (TPSA) is 59.1 Å². The number of rotatable bonds is 6. The molecule has 150 valence electrons. The lowest BCUT2D eigenvalue weighted by Gasteiger charge is -2.29. The molecule has 0 radical (unpaired) electrons. The van der Waals surface area contributed by atoms with Crippen molar-refractivity contribution in [1.29, 1.82) is 0 Å². The van der Waals surface area contributed by atoms with Gasteiger partial charge in [-0.3, -0.25) is 9.97 Å². The van der Waals surface area contributed by atoms with Crippen LogP contribution in [0.2, 0.25) is 0 Å². The molecule has 5 rings (SSSR count). The van der Waals surface area contributed by atoms with Gasteiger partial charge in [0.1, 0.15) is 5.76 Å². The van der Waals surface area contributed by atoms with E-state index < -0.39 is 0 Å². The summed E-state index contributed by atoms with van der Waals surface area (Å²) in [4.78, 5) is 11.0. The molecule has 4 aromatic heterocycles.